The van der Waals surface area contributed by atoms with Crippen LogP contribution >= 0.6 is 0 Å². The number of halogens is 3. The van der Waals surface area contributed by atoms with E-state index in [4.69, 9.17) is 5.73 Å². The molecule has 8 nitrogen and oxygen atoms in total. The number of nitrogens with zero attached hydrogens (tertiary/aromatic N) is 6. The maximum atomic E-state index is 14.2. The van der Waals surface area contributed by atoms with Gasteiger partial charge in [-0.05, 0) is 38.0 Å². The van der Waals surface area contributed by atoms with Gasteiger partial charge < -0.3 is 10.6 Å². The number of fused-ring (bicyclic) bond motifs is 3. The molecule has 1 aromatic carbocycles. The molecule has 0 saturated carbocycles. The van der Waals surface area contributed by atoms with Crippen LogP contribution in [0.4, 0.5) is 19.1 Å². The molecule has 4 aromatic rings. The van der Waals surface area contributed by atoms with Crippen molar-refractivity contribution in [2.75, 3.05) is 12.3 Å². The molecule has 11 heteroatoms. The van der Waals surface area contributed by atoms with Gasteiger partial charge in [-0.25, -0.2) is 28.1 Å². The molecule has 0 radical (unpaired) electrons. The lowest BCUT2D eigenvalue weighted by molar-refractivity contribution is 0.0595. The van der Waals surface area contributed by atoms with E-state index in [-0.39, 0.29) is 46.7 Å². The third kappa shape index (κ3) is 3.20. The molecule has 164 valence electrons. The minimum Gasteiger partial charge on any atom is -0.368 e. The zero-order valence-corrected chi connectivity index (χ0v) is 17.0. The number of anilines is 1. The molecule has 2 N–H and O–H groups in total. The molecule has 1 unspecified atom stereocenters. The van der Waals surface area contributed by atoms with Crippen LogP contribution in [-0.4, -0.2) is 48.0 Å². The van der Waals surface area contributed by atoms with Crippen LogP contribution in [-0.2, 0) is 0 Å². The number of nitrogen functional groups attached to an aromatic ring is 1. The normalized spacial score (nSPS) is 19.1. The first-order valence-corrected chi connectivity index (χ1v) is 10.1. The summed E-state index contributed by atoms with van der Waals surface area (Å²) in [6.07, 6.45) is 2.67. The fraction of sp³-hybridized carbons (Fsp3) is 0.286. The molecule has 5 rings (SSSR count). The second-order valence-corrected chi connectivity index (χ2v) is 7.87. The van der Waals surface area contributed by atoms with E-state index >= 15 is 0 Å². The summed E-state index contributed by atoms with van der Waals surface area (Å²) >= 11 is 0. The summed E-state index contributed by atoms with van der Waals surface area (Å²) in [6, 6.07) is 4.33. The van der Waals surface area contributed by atoms with Crippen LogP contribution in [0.25, 0.3) is 16.6 Å². The zero-order valence-electron chi connectivity index (χ0n) is 17.0. The largest absolute Gasteiger partial charge is 0.368 e. The topological polar surface area (TPSA) is 102 Å². The summed E-state index contributed by atoms with van der Waals surface area (Å²) in [5, 5.41) is 4.54. The van der Waals surface area contributed by atoms with Crippen LogP contribution in [0.2, 0.25) is 0 Å². The Kier molecular flexibility index (Phi) is 4.68. The Labute approximate surface area is 179 Å². The first kappa shape index (κ1) is 20.2. The van der Waals surface area contributed by atoms with Crippen molar-refractivity contribution in [1.82, 2.24) is 29.5 Å². The smallest absolute Gasteiger partial charge is 0.275 e. The van der Waals surface area contributed by atoms with E-state index in [1.807, 2.05) is 6.92 Å². The van der Waals surface area contributed by atoms with Gasteiger partial charge in [0.15, 0.2) is 28.8 Å². The van der Waals surface area contributed by atoms with E-state index in [0.717, 1.165) is 12.1 Å². The van der Waals surface area contributed by atoms with Gasteiger partial charge in [-0.3, -0.25) is 4.79 Å². The Morgan fingerprint density at radius 1 is 1.16 bits per heavy atom. The molecule has 1 aliphatic rings. The molecule has 1 amide bonds. The number of hydrogen-bond donors (Lipinski definition) is 1. The molecular formula is C21H18F3N7O. The number of benzene rings is 1. The Morgan fingerprint density at radius 3 is 2.75 bits per heavy atom. The molecule has 1 fully saturated rings. The third-order valence-corrected chi connectivity index (χ3v) is 5.81. The fourth-order valence-electron chi connectivity index (χ4n) is 4.13. The van der Waals surface area contributed by atoms with Crippen molar-refractivity contribution in [3.05, 3.63) is 59.4 Å². The number of pyridine rings is 1. The van der Waals surface area contributed by atoms with Gasteiger partial charge in [0.1, 0.15) is 11.3 Å². The highest BCUT2D eigenvalue weighted by molar-refractivity contribution is 5.93. The standard InChI is InChI=1S/C21H18F3N7O/c1-10-4-5-11(9-30(10)20(32)17-14(23)3-2-6-26-17)18-28-19-13-7-12(22)8-15(24)16(13)27-21(25)31(19)29-18/h2-3,6-8,10-11H,4-5,9H2,1H3,(H2,25,27)/t10-,11?/m0/s1. The lowest BCUT2D eigenvalue weighted by Crippen LogP contribution is -2.45. The van der Waals surface area contributed by atoms with Crippen molar-refractivity contribution in [2.24, 2.45) is 0 Å². The van der Waals surface area contributed by atoms with Crippen molar-refractivity contribution >= 4 is 28.4 Å². The summed E-state index contributed by atoms with van der Waals surface area (Å²) in [7, 11) is 0. The molecule has 0 aliphatic carbocycles. The van der Waals surface area contributed by atoms with Gasteiger partial charge in [-0.15, -0.1) is 5.10 Å². The first-order valence-electron chi connectivity index (χ1n) is 10.1. The molecule has 1 saturated heterocycles. The van der Waals surface area contributed by atoms with Gasteiger partial charge >= 0.3 is 0 Å². The van der Waals surface area contributed by atoms with E-state index in [1.165, 1.54) is 22.8 Å². The number of rotatable bonds is 2. The Morgan fingerprint density at radius 2 is 1.97 bits per heavy atom. The molecular weight excluding hydrogens is 423 g/mol. The first-order chi connectivity index (χ1) is 15.3. The highest BCUT2D eigenvalue weighted by Gasteiger charge is 2.34. The molecule has 1 aliphatic heterocycles. The van der Waals surface area contributed by atoms with Gasteiger partial charge in [0, 0.05) is 30.8 Å². The molecule has 4 heterocycles. The van der Waals surface area contributed by atoms with Crippen LogP contribution in [0, 0.1) is 17.5 Å². The number of likely N-dealkylation sites (tertiary alicyclic amines) is 1. The van der Waals surface area contributed by atoms with Crippen LogP contribution in [0.1, 0.15) is 42.0 Å². The highest BCUT2D eigenvalue weighted by Crippen LogP contribution is 2.31. The number of hydrogen-bond acceptors (Lipinski definition) is 6. The number of amides is 1. The number of piperidine rings is 1. The van der Waals surface area contributed by atoms with Crippen LogP contribution in [0.3, 0.4) is 0 Å². The predicted octanol–water partition coefficient (Wildman–Crippen LogP) is 3.08. The monoisotopic (exact) mass is 441 g/mol. The quantitative estimate of drug-likeness (QED) is 0.513. The summed E-state index contributed by atoms with van der Waals surface area (Å²) in [4.78, 5) is 26.9. The average molecular weight is 441 g/mol. The maximum absolute atomic E-state index is 14.2. The van der Waals surface area contributed by atoms with Crippen molar-refractivity contribution in [1.29, 1.82) is 0 Å². The van der Waals surface area contributed by atoms with Gasteiger partial charge in [-0.2, -0.15) is 4.52 Å². The van der Waals surface area contributed by atoms with E-state index in [2.05, 4.69) is 20.1 Å². The SMILES string of the molecule is C[C@H]1CCC(c2nc3c4cc(F)cc(F)c4nc(N)n3n2)CN1C(=O)c1ncccc1F. The molecule has 0 bridgehead atoms. The summed E-state index contributed by atoms with van der Waals surface area (Å²) in [5.41, 5.74) is 5.77. The fourth-order valence-corrected chi connectivity index (χ4v) is 4.13. The van der Waals surface area contributed by atoms with Crippen molar-refractivity contribution in [2.45, 2.75) is 31.7 Å². The minimum atomic E-state index is -0.848. The van der Waals surface area contributed by atoms with Gasteiger partial charge in [-0.1, -0.05) is 0 Å². The van der Waals surface area contributed by atoms with Gasteiger partial charge in [0.05, 0.1) is 5.39 Å². The molecule has 0 spiro atoms. The Balaban J connectivity index is 1.54. The minimum absolute atomic E-state index is 0.0931. The van der Waals surface area contributed by atoms with Crippen molar-refractivity contribution in [3.63, 3.8) is 0 Å². The van der Waals surface area contributed by atoms with Gasteiger partial charge in [0.2, 0.25) is 5.95 Å². The second kappa shape index (κ2) is 7.43. The zero-order chi connectivity index (χ0) is 22.6. The predicted molar refractivity (Wildman–Crippen MR) is 109 cm³/mol. The van der Waals surface area contributed by atoms with Crippen LogP contribution < -0.4 is 5.73 Å². The Bertz CT molecular complexity index is 1370. The van der Waals surface area contributed by atoms with Crippen LogP contribution in [0.5, 0.6) is 0 Å². The van der Waals surface area contributed by atoms with Crippen LogP contribution in [0.15, 0.2) is 30.5 Å². The van der Waals surface area contributed by atoms with E-state index in [9.17, 15) is 18.0 Å². The summed E-state index contributed by atoms with van der Waals surface area (Å²) in [5.74, 6) is -2.83. The lowest BCUT2D eigenvalue weighted by atomic mass is 9.92. The lowest BCUT2D eigenvalue weighted by Gasteiger charge is -2.36. The maximum Gasteiger partial charge on any atom is 0.275 e. The van der Waals surface area contributed by atoms with Crippen molar-refractivity contribution < 1.29 is 18.0 Å². The number of carbonyl (C=O) groups is 1. The number of carbonyl (C=O) groups excluding carboxylic acids is 1. The summed E-state index contributed by atoms with van der Waals surface area (Å²) < 4.78 is 43.4. The molecule has 3 aromatic heterocycles. The van der Waals surface area contributed by atoms with Crippen molar-refractivity contribution in [3.8, 4) is 0 Å². The highest BCUT2D eigenvalue weighted by atomic mass is 19.1. The number of aromatic nitrogens is 5. The van der Waals surface area contributed by atoms with E-state index < -0.39 is 23.4 Å². The molecule has 32 heavy (non-hydrogen) atoms. The van der Waals surface area contributed by atoms with Gasteiger partial charge in [0.25, 0.3) is 5.91 Å². The van der Waals surface area contributed by atoms with E-state index in [0.29, 0.717) is 18.7 Å². The Hall–Kier alpha value is -3.76. The second-order valence-electron chi connectivity index (χ2n) is 7.87. The summed E-state index contributed by atoms with van der Waals surface area (Å²) in [6.45, 7) is 2.12. The number of nitrogens with two attached hydrogens (primary N) is 1. The van der Waals surface area contributed by atoms with E-state index in [1.54, 1.807) is 4.90 Å². The molecule has 2 atom stereocenters. The average Bonchev–Trinajstić information content (AvgIpc) is 3.21. The third-order valence-electron chi connectivity index (χ3n) is 5.81.